The van der Waals surface area contributed by atoms with E-state index in [2.05, 4.69) is 26.2 Å². The van der Waals surface area contributed by atoms with Gasteiger partial charge in [0, 0.05) is 28.1 Å². The summed E-state index contributed by atoms with van der Waals surface area (Å²) in [5.74, 6) is 4.15. The Kier molecular flexibility index (Phi) is 6.50. The van der Waals surface area contributed by atoms with Crippen LogP contribution in [0.1, 0.15) is 26.4 Å². The van der Waals surface area contributed by atoms with Gasteiger partial charge >= 0.3 is 0 Å². The molecule has 0 aliphatic rings. The van der Waals surface area contributed by atoms with Gasteiger partial charge in [0.15, 0.2) is 0 Å². The second-order valence-corrected chi connectivity index (χ2v) is 8.10. The Hall–Kier alpha value is -2.10. The highest BCUT2D eigenvalue weighted by Crippen LogP contribution is 2.32. The lowest BCUT2D eigenvalue weighted by molar-refractivity contribution is 0.0954. The number of carbonyl (C=O) groups excluding carboxylic acids is 2. The normalized spacial score (nSPS) is 10.7. The Bertz CT molecular complexity index is 1110. The minimum atomic E-state index is -0.595. The van der Waals surface area contributed by atoms with Crippen molar-refractivity contribution in [2.24, 2.45) is 5.84 Å². The van der Waals surface area contributed by atoms with E-state index in [0.717, 1.165) is 0 Å². The molecule has 11 heteroatoms. The minimum Gasteiger partial charge on any atom is -0.320 e. The number of hydrogen-bond acceptors (Lipinski definition) is 4. The fourth-order valence-electron chi connectivity index (χ4n) is 2.77. The van der Waals surface area contributed by atoms with E-state index in [9.17, 15) is 9.59 Å². The molecule has 3 rings (SSSR count). The first-order valence-corrected chi connectivity index (χ1v) is 9.95. The van der Waals surface area contributed by atoms with Crippen LogP contribution in [0.3, 0.4) is 0 Å². The molecular weight excluding hydrogens is 504 g/mol. The van der Waals surface area contributed by atoms with Crippen LogP contribution < -0.4 is 16.6 Å². The highest BCUT2D eigenvalue weighted by atomic mass is 79.9. The summed E-state index contributed by atoms with van der Waals surface area (Å²) in [5.41, 5.74) is 3.65. The number of rotatable bonds is 4. The minimum absolute atomic E-state index is 0.128. The van der Waals surface area contributed by atoms with Gasteiger partial charge in [0.25, 0.3) is 11.8 Å². The standard InChI is InChI=1S/C18H13BrCl3N5O2/c1-8-2-10(20)4-11(17(28)26-23)15(8)25-18(29)14-3-9(19)7-27(14)16-12(21)5-24-6-13(16)22/h2-7H,23H2,1H3,(H,25,29)(H,26,28). The molecule has 1 aromatic carbocycles. The number of aryl methyl sites for hydroxylation is 1. The Morgan fingerprint density at radius 2 is 1.76 bits per heavy atom. The van der Waals surface area contributed by atoms with E-state index in [1.165, 1.54) is 23.0 Å². The lowest BCUT2D eigenvalue weighted by Gasteiger charge is -2.16. The third kappa shape index (κ3) is 4.41. The maximum atomic E-state index is 13.1. The molecular formula is C18H13BrCl3N5O2. The van der Waals surface area contributed by atoms with Crippen molar-refractivity contribution in [3.05, 3.63) is 73.2 Å². The van der Waals surface area contributed by atoms with Gasteiger partial charge in [-0.15, -0.1) is 0 Å². The van der Waals surface area contributed by atoms with Crippen molar-refractivity contribution in [1.82, 2.24) is 15.0 Å². The van der Waals surface area contributed by atoms with Crippen molar-refractivity contribution < 1.29 is 9.59 Å². The van der Waals surface area contributed by atoms with Crippen LogP contribution in [0.25, 0.3) is 5.69 Å². The summed E-state index contributed by atoms with van der Waals surface area (Å²) in [4.78, 5) is 29.2. The van der Waals surface area contributed by atoms with Gasteiger partial charge in [-0.05, 0) is 46.6 Å². The second kappa shape index (κ2) is 8.73. The number of carbonyl (C=O) groups is 2. The zero-order chi connectivity index (χ0) is 21.3. The van der Waals surface area contributed by atoms with E-state index in [0.29, 0.717) is 20.7 Å². The van der Waals surface area contributed by atoms with Crippen molar-refractivity contribution >= 4 is 68.2 Å². The van der Waals surface area contributed by atoms with E-state index in [1.54, 1.807) is 25.3 Å². The lowest BCUT2D eigenvalue weighted by atomic mass is 10.1. The number of nitrogens with two attached hydrogens (primary N) is 1. The number of hydrogen-bond donors (Lipinski definition) is 3. The van der Waals surface area contributed by atoms with Gasteiger partial charge in [-0.3, -0.25) is 20.0 Å². The molecule has 3 aromatic rings. The molecule has 0 saturated heterocycles. The second-order valence-electron chi connectivity index (χ2n) is 5.94. The van der Waals surface area contributed by atoms with E-state index >= 15 is 0 Å². The van der Waals surface area contributed by atoms with E-state index < -0.39 is 11.8 Å². The van der Waals surface area contributed by atoms with E-state index in [1.807, 2.05) is 5.43 Å². The molecule has 2 heterocycles. The number of nitrogens with one attached hydrogen (secondary N) is 2. The number of anilines is 1. The molecule has 0 unspecified atom stereocenters. The molecule has 4 N–H and O–H groups in total. The first-order valence-electron chi connectivity index (χ1n) is 8.02. The fourth-order valence-corrected chi connectivity index (χ4v) is 4.01. The molecule has 29 heavy (non-hydrogen) atoms. The molecule has 0 atom stereocenters. The largest absolute Gasteiger partial charge is 0.320 e. The molecule has 7 nitrogen and oxygen atoms in total. The molecule has 0 aliphatic heterocycles. The van der Waals surface area contributed by atoms with E-state index in [4.69, 9.17) is 40.6 Å². The molecule has 150 valence electrons. The average Bonchev–Trinajstić information content (AvgIpc) is 3.04. The number of aromatic nitrogens is 2. The quantitative estimate of drug-likeness (QED) is 0.264. The van der Waals surface area contributed by atoms with Gasteiger partial charge in [-0.25, -0.2) is 5.84 Å². The number of halogens is 4. The van der Waals surface area contributed by atoms with Gasteiger partial charge in [0.2, 0.25) is 0 Å². The molecule has 0 saturated carbocycles. The van der Waals surface area contributed by atoms with Crippen LogP contribution in [0.15, 0.2) is 41.3 Å². The third-order valence-corrected chi connectivity index (χ3v) is 5.21. The molecule has 2 aromatic heterocycles. The number of amides is 2. The maximum absolute atomic E-state index is 13.1. The number of hydrazine groups is 1. The summed E-state index contributed by atoms with van der Waals surface area (Å²) in [6.45, 7) is 1.71. The SMILES string of the molecule is Cc1cc(Cl)cc(C(=O)NN)c1NC(=O)c1cc(Br)cn1-c1c(Cl)cncc1Cl. The van der Waals surface area contributed by atoms with Crippen molar-refractivity contribution in [2.75, 3.05) is 5.32 Å². The first kappa shape index (κ1) is 21.6. The Morgan fingerprint density at radius 3 is 2.38 bits per heavy atom. The van der Waals surface area contributed by atoms with Gasteiger partial charge in [0.1, 0.15) is 5.69 Å². The smallest absolute Gasteiger partial charge is 0.272 e. The van der Waals surface area contributed by atoms with E-state index in [-0.39, 0.29) is 27.0 Å². The summed E-state index contributed by atoms with van der Waals surface area (Å²) < 4.78 is 2.15. The predicted octanol–water partition coefficient (Wildman–Crippen LogP) is 4.76. The summed E-state index contributed by atoms with van der Waals surface area (Å²) in [6.07, 6.45) is 4.49. The number of nitrogens with zero attached hydrogens (tertiary/aromatic N) is 2. The zero-order valence-corrected chi connectivity index (χ0v) is 18.6. The van der Waals surface area contributed by atoms with Crippen molar-refractivity contribution in [3.8, 4) is 5.69 Å². The summed E-state index contributed by atoms with van der Waals surface area (Å²) >= 11 is 21.9. The van der Waals surface area contributed by atoms with Gasteiger partial charge in [-0.1, -0.05) is 34.8 Å². The summed E-state index contributed by atoms with van der Waals surface area (Å²) in [7, 11) is 0. The van der Waals surface area contributed by atoms with Crippen LogP contribution in [0.5, 0.6) is 0 Å². The molecule has 0 bridgehead atoms. The number of pyridine rings is 1. The molecule has 0 aliphatic carbocycles. The van der Waals surface area contributed by atoms with Crippen LogP contribution in [0.2, 0.25) is 15.1 Å². The Balaban J connectivity index is 2.08. The molecule has 2 amide bonds. The summed E-state index contributed by atoms with van der Waals surface area (Å²) in [6, 6.07) is 4.63. The highest BCUT2D eigenvalue weighted by Gasteiger charge is 2.22. The number of benzene rings is 1. The van der Waals surface area contributed by atoms with Crippen molar-refractivity contribution in [2.45, 2.75) is 6.92 Å². The third-order valence-electron chi connectivity index (χ3n) is 4.00. The highest BCUT2D eigenvalue weighted by molar-refractivity contribution is 9.10. The lowest BCUT2D eigenvalue weighted by Crippen LogP contribution is -2.31. The van der Waals surface area contributed by atoms with Gasteiger partial charge in [-0.2, -0.15) is 0 Å². The van der Waals surface area contributed by atoms with Crippen LogP contribution in [-0.2, 0) is 0 Å². The Morgan fingerprint density at radius 1 is 1.10 bits per heavy atom. The fraction of sp³-hybridized carbons (Fsp3) is 0.0556. The predicted molar refractivity (Wildman–Crippen MR) is 117 cm³/mol. The molecule has 0 spiro atoms. The Labute approximate surface area is 189 Å². The molecule has 0 fully saturated rings. The van der Waals surface area contributed by atoms with Gasteiger partial charge < -0.3 is 9.88 Å². The van der Waals surface area contributed by atoms with Crippen LogP contribution in [0, 0.1) is 6.92 Å². The van der Waals surface area contributed by atoms with Crippen molar-refractivity contribution in [3.63, 3.8) is 0 Å². The first-order chi connectivity index (χ1) is 13.7. The topological polar surface area (TPSA) is 102 Å². The average molecular weight is 518 g/mol. The monoisotopic (exact) mass is 515 g/mol. The van der Waals surface area contributed by atoms with Gasteiger partial charge in [0.05, 0.1) is 27.0 Å². The van der Waals surface area contributed by atoms with Crippen molar-refractivity contribution in [1.29, 1.82) is 0 Å². The van der Waals surface area contributed by atoms with Crippen LogP contribution >= 0.6 is 50.7 Å². The summed E-state index contributed by atoms with van der Waals surface area (Å²) in [5, 5.41) is 3.61. The van der Waals surface area contributed by atoms with Crippen LogP contribution in [-0.4, -0.2) is 21.4 Å². The van der Waals surface area contributed by atoms with Crippen LogP contribution in [0.4, 0.5) is 5.69 Å². The molecule has 0 radical (unpaired) electrons. The zero-order valence-electron chi connectivity index (χ0n) is 14.8. The maximum Gasteiger partial charge on any atom is 0.272 e. The number of nitrogen functional groups attached to an aromatic ring is 1.